The van der Waals surface area contributed by atoms with Crippen molar-refractivity contribution in [2.24, 2.45) is 0 Å². The fourth-order valence-electron chi connectivity index (χ4n) is 2.17. The lowest BCUT2D eigenvalue weighted by atomic mass is 9.98. The van der Waals surface area contributed by atoms with E-state index >= 15 is 0 Å². The van der Waals surface area contributed by atoms with Crippen LogP contribution < -0.4 is 0 Å². The number of amides is 1. The Morgan fingerprint density at radius 1 is 1.75 bits per heavy atom. The van der Waals surface area contributed by atoms with E-state index in [9.17, 15) is 9.59 Å². The second kappa shape index (κ2) is 2.00. The first-order chi connectivity index (χ1) is 5.55. The predicted octanol–water partition coefficient (Wildman–Crippen LogP) is 0.224. The van der Waals surface area contributed by atoms with Crippen LogP contribution in [-0.4, -0.2) is 33.5 Å². The molecular formula is C8H11NO3. The molecule has 0 bridgehead atoms. The van der Waals surface area contributed by atoms with E-state index in [1.165, 1.54) is 4.90 Å². The molecule has 0 aromatic rings. The minimum Gasteiger partial charge on any atom is -0.480 e. The molecule has 0 radical (unpaired) electrons. The third-order valence-electron chi connectivity index (χ3n) is 3.00. The van der Waals surface area contributed by atoms with Gasteiger partial charge in [-0.25, -0.2) is 4.79 Å². The summed E-state index contributed by atoms with van der Waals surface area (Å²) in [5.74, 6) is -0.888. The maximum Gasteiger partial charge on any atom is 0.329 e. The van der Waals surface area contributed by atoms with Gasteiger partial charge in [0.1, 0.15) is 5.54 Å². The fraction of sp³-hybridized carbons (Fsp3) is 0.750. The van der Waals surface area contributed by atoms with E-state index in [4.69, 9.17) is 5.11 Å². The third-order valence-corrected chi connectivity index (χ3v) is 3.00. The molecule has 0 aromatic heterocycles. The van der Waals surface area contributed by atoms with Crippen molar-refractivity contribution in [3.63, 3.8) is 0 Å². The Morgan fingerprint density at radius 2 is 2.42 bits per heavy atom. The van der Waals surface area contributed by atoms with Crippen LogP contribution in [0.15, 0.2) is 0 Å². The van der Waals surface area contributed by atoms with Gasteiger partial charge >= 0.3 is 5.97 Å². The number of hydrogen-bond donors (Lipinski definition) is 1. The molecule has 0 saturated carbocycles. The first-order valence-electron chi connectivity index (χ1n) is 4.11. The van der Waals surface area contributed by atoms with Gasteiger partial charge in [-0.3, -0.25) is 4.79 Å². The quantitative estimate of drug-likeness (QED) is 0.571. The zero-order valence-corrected chi connectivity index (χ0v) is 6.91. The van der Waals surface area contributed by atoms with E-state index in [2.05, 4.69) is 0 Å². The van der Waals surface area contributed by atoms with Crippen LogP contribution in [0, 0.1) is 0 Å². The number of carbonyl (C=O) groups is 2. The number of hydrogen-bond acceptors (Lipinski definition) is 2. The molecule has 2 aliphatic rings. The van der Waals surface area contributed by atoms with Gasteiger partial charge in [-0.1, -0.05) is 0 Å². The Balaban J connectivity index is 2.28. The lowest BCUT2D eigenvalue weighted by Gasteiger charge is -2.42. The normalized spacial score (nSPS) is 39.2. The van der Waals surface area contributed by atoms with Gasteiger partial charge in [-0.2, -0.15) is 0 Å². The summed E-state index contributed by atoms with van der Waals surface area (Å²) in [6.45, 7) is 1.63. The second-order valence-electron chi connectivity index (χ2n) is 3.74. The van der Waals surface area contributed by atoms with Crippen molar-refractivity contribution in [2.45, 2.75) is 37.8 Å². The Morgan fingerprint density at radius 3 is 2.83 bits per heavy atom. The number of carboxylic acids is 1. The highest BCUT2D eigenvalue weighted by molar-refractivity contribution is 5.92. The number of nitrogens with zero attached hydrogens (tertiary/aromatic N) is 1. The van der Waals surface area contributed by atoms with Gasteiger partial charge in [0.25, 0.3) is 0 Å². The highest BCUT2D eigenvalue weighted by Crippen LogP contribution is 2.42. The number of fused-ring (bicyclic) bond motifs is 1. The number of β-lactam (4-membered cyclic amide) rings is 1. The fourth-order valence-corrected chi connectivity index (χ4v) is 2.17. The van der Waals surface area contributed by atoms with E-state index in [1.807, 2.05) is 0 Å². The highest BCUT2D eigenvalue weighted by Gasteiger charge is 2.56. The lowest BCUT2D eigenvalue weighted by Crippen LogP contribution is -2.60. The molecular weight excluding hydrogens is 158 g/mol. The van der Waals surface area contributed by atoms with Crippen LogP contribution in [0.3, 0.4) is 0 Å². The van der Waals surface area contributed by atoms with Gasteiger partial charge in [0.05, 0.1) is 0 Å². The van der Waals surface area contributed by atoms with Gasteiger partial charge in [0, 0.05) is 12.5 Å². The summed E-state index contributed by atoms with van der Waals surface area (Å²) >= 11 is 0. The standard InChI is InChI=1S/C8H11NO3/c1-8(7(11)12)3-2-5-4-6(10)9(5)8/h5H,2-4H2,1H3,(H,11,12)/t5-,8-/m0/s1. The van der Waals surface area contributed by atoms with Crippen molar-refractivity contribution in [3.05, 3.63) is 0 Å². The summed E-state index contributed by atoms with van der Waals surface area (Å²) in [4.78, 5) is 23.5. The van der Waals surface area contributed by atoms with Crippen molar-refractivity contribution in [3.8, 4) is 0 Å². The second-order valence-corrected chi connectivity index (χ2v) is 3.74. The molecule has 2 saturated heterocycles. The minimum atomic E-state index is -0.917. The topological polar surface area (TPSA) is 57.6 Å². The largest absolute Gasteiger partial charge is 0.480 e. The number of rotatable bonds is 1. The van der Waals surface area contributed by atoms with Crippen LogP contribution >= 0.6 is 0 Å². The van der Waals surface area contributed by atoms with E-state index in [1.54, 1.807) is 6.92 Å². The predicted molar refractivity (Wildman–Crippen MR) is 40.5 cm³/mol. The van der Waals surface area contributed by atoms with E-state index in [0.717, 1.165) is 6.42 Å². The molecule has 0 aliphatic carbocycles. The monoisotopic (exact) mass is 169 g/mol. The van der Waals surface area contributed by atoms with E-state index in [-0.39, 0.29) is 11.9 Å². The molecule has 2 atom stereocenters. The molecule has 1 amide bonds. The summed E-state index contributed by atoms with van der Waals surface area (Å²) < 4.78 is 0. The molecule has 66 valence electrons. The van der Waals surface area contributed by atoms with Crippen molar-refractivity contribution >= 4 is 11.9 Å². The highest BCUT2D eigenvalue weighted by atomic mass is 16.4. The molecule has 2 fully saturated rings. The molecule has 2 rings (SSSR count). The summed E-state index contributed by atoms with van der Waals surface area (Å²) in [6, 6.07) is 0.207. The molecule has 4 heteroatoms. The molecule has 2 heterocycles. The van der Waals surface area contributed by atoms with E-state index in [0.29, 0.717) is 12.8 Å². The van der Waals surface area contributed by atoms with Gasteiger partial charge in [0.15, 0.2) is 0 Å². The van der Waals surface area contributed by atoms with Crippen LogP contribution in [0.5, 0.6) is 0 Å². The van der Waals surface area contributed by atoms with Crippen molar-refractivity contribution in [2.75, 3.05) is 0 Å². The Labute approximate surface area is 70.2 Å². The van der Waals surface area contributed by atoms with Crippen LogP contribution in [0.1, 0.15) is 26.2 Å². The van der Waals surface area contributed by atoms with Crippen molar-refractivity contribution in [1.29, 1.82) is 0 Å². The van der Waals surface area contributed by atoms with Crippen LogP contribution in [0.25, 0.3) is 0 Å². The van der Waals surface area contributed by atoms with Gasteiger partial charge in [-0.15, -0.1) is 0 Å². The summed E-state index contributed by atoms with van der Waals surface area (Å²) in [7, 11) is 0. The van der Waals surface area contributed by atoms with Crippen molar-refractivity contribution < 1.29 is 14.7 Å². The summed E-state index contributed by atoms with van der Waals surface area (Å²) in [6.07, 6.45) is 1.98. The SMILES string of the molecule is C[C@@]1(C(=O)O)CC[C@H]2CC(=O)N21. The average Bonchev–Trinajstić information content (AvgIpc) is 2.22. The first-order valence-corrected chi connectivity index (χ1v) is 4.11. The molecule has 0 spiro atoms. The maximum atomic E-state index is 11.1. The lowest BCUT2D eigenvalue weighted by molar-refractivity contribution is -0.164. The Bertz CT molecular complexity index is 263. The minimum absolute atomic E-state index is 0.0117. The zero-order chi connectivity index (χ0) is 8.93. The van der Waals surface area contributed by atoms with Crippen LogP contribution in [-0.2, 0) is 9.59 Å². The molecule has 12 heavy (non-hydrogen) atoms. The van der Waals surface area contributed by atoms with Gasteiger partial charge in [0.2, 0.25) is 5.91 Å². The average molecular weight is 169 g/mol. The molecule has 1 N–H and O–H groups in total. The molecule has 0 unspecified atom stereocenters. The zero-order valence-electron chi connectivity index (χ0n) is 6.91. The van der Waals surface area contributed by atoms with Gasteiger partial charge < -0.3 is 10.0 Å². The number of carbonyl (C=O) groups excluding carboxylic acids is 1. The van der Waals surface area contributed by atoms with Crippen molar-refractivity contribution in [1.82, 2.24) is 4.90 Å². The smallest absolute Gasteiger partial charge is 0.329 e. The van der Waals surface area contributed by atoms with Crippen LogP contribution in [0.2, 0.25) is 0 Å². The van der Waals surface area contributed by atoms with Gasteiger partial charge in [-0.05, 0) is 19.8 Å². The van der Waals surface area contributed by atoms with Crippen LogP contribution in [0.4, 0.5) is 0 Å². The molecule has 4 nitrogen and oxygen atoms in total. The summed E-state index contributed by atoms with van der Waals surface area (Å²) in [5.41, 5.74) is -0.917. The Hall–Kier alpha value is -1.06. The number of aliphatic carboxylic acids is 1. The first kappa shape index (κ1) is 7.58. The maximum absolute atomic E-state index is 11.1. The third kappa shape index (κ3) is 0.673. The molecule has 0 aromatic carbocycles. The Kier molecular flexibility index (Phi) is 1.26. The molecule has 2 aliphatic heterocycles. The van der Waals surface area contributed by atoms with E-state index < -0.39 is 11.5 Å². The number of carboxylic acid groups (broad SMARTS) is 1. The summed E-state index contributed by atoms with van der Waals surface area (Å²) in [5, 5.41) is 8.92.